The van der Waals surface area contributed by atoms with Crippen LogP contribution in [0.2, 0.25) is 0 Å². The summed E-state index contributed by atoms with van der Waals surface area (Å²) in [5, 5.41) is 10.2. The molecule has 2 nitrogen and oxygen atoms in total. The van der Waals surface area contributed by atoms with E-state index in [-0.39, 0.29) is 27.8 Å². The average molecular weight is 361 g/mol. The Balaban J connectivity index is 2.34. The molecule has 1 N–H and O–H groups in total. The topological polar surface area (TPSA) is 29.5 Å². The Morgan fingerprint density at radius 3 is 2.57 bits per heavy atom. The lowest BCUT2D eigenvalue weighted by Gasteiger charge is -2.16. The van der Waals surface area contributed by atoms with Crippen LogP contribution in [0.15, 0.2) is 34.8 Å². The van der Waals surface area contributed by atoms with Crippen molar-refractivity contribution in [3.8, 4) is 5.75 Å². The Bertz CT molecular complexity index is 662. The second-order valence-corrected chi connectivity index (χ2v) is 5.30. The third-order valence-corrected chi connectivity index (χ3v) is 3.68. The van der Waals surface area contributed by atoms with Crippen LogP contribution in [0.25, 0.3) is 0 Å². The van der Waals surface area contributed by atoms with Crippen molar-refractivity contribution in [2.75, 3.05) is 7.11 Å². The van der Waals surface area contributed by atoms with Crippen molar-refractivity contribution in [2.45, 2.75) is 12.5 Å². The maximum atomic E-state index is 13.6. The quantitative estimate of drug-likeness (QED) is 0.887. The highest BCUT2D eigenvalue weighted by Crippen LogP contribution is 2.32. The van der Waals surface area contributed by atoms with Crippen LogP contribution in [0.5, 0.6) is 5.75 Å². The molecule has 0 aliphatic rings. The first kappa shape index (κ1) is 15.9. The molecule has 0 bridgehead atoms. The third kappa shape index (κ3) is 3.39. The van der Waals surface area contributed by atoms with Gasteiger partial charge in [-0.2, -0.15) is 0 Å². The van der Waals surface area contributed by atoms with Crippen molar-refractivity contribution in [1.29, 1.82) is 0 Å². The Morgan fingerprint density at radius 2 is 1.90 bits per heavy atom. The Kier molecular flexibility index (Phi) is 4.90. The lowest BCUT2D eigenvalue weighted by atomic mass is 10.00. The minimum atomic E-state index is -1.16. The second-order valence-electron chi connectivity index (χ2n) is 4.44. The molecule has 2 rings (SSSR count). The molecule has 0 saturated heterocycles. The van der Waals surface area contributed by atoms with Crippen LogP contribution < -0.4 is 4.74 Å². The maximum absolute atomic E-state index is 13.6. The fourth-order valence-corrected chi connectivity index (χ4v) is 2.37. The Hall–Kier alpha value is -1.53. The molecule has 1 unspecified atom stereocenters. The van der Waals surface area contributed by atoms with Crippen LogP contribution in [0.3, 0.4) is 0 Å². The van der Waals surface area contributed by atoms with Gasteiger partial charge in [0.25, 0.3) is 0 Å². The highest BCUT2D eigenvalue weighted by molar-refractivity contribution is 9.10. The molecule has 1 atom stereocenters. The van der Waals surface area contributed by atoms with E-state index in [4.69, 9.17) is 4.74 Å². The number of hydrogen-bond donors (Lipinski definition) is 1. The predicted octanol–water partition coefficient (Wildman–Crippen LogP) is 4.15. The SMILES string of the molecule is COc1cc(F)c(Br)cc1C(O)Cc1cccc(F)c1F. The molecule has 21 heavy (non-hydrogen) atoms. The van der Waals surface area contributed by atoms with Gasteiger partial charge in [-0.1, -0.05) is 12.1 Å². The van der Waals surface area contributed by atoms with Gasteiger partial charge in [0.05, 0.1) is 17.7 Å². The Labute approximate surface area is 128 Å². The summed E-state index contributed by atoms with van der Waals surface area (Å²) in [4.78, 5) is 0. The number of aliphatic hydroxyl groups is 1. The zero-order chi connectivity index (χ0) is 15.6. The molecule has 2 aromatic rings. The van der Waals surface area contributed by atoms with Crippen molar-refractivity contribution in [3.63, 3.8) is 0 Å². The lowest BCUT2D eigenvalue weighted by Crippen LogP contribution is -2.07. The van der Waals surface area contributed by atoms with Crippen molar-refractivity contribution in [1.82, 2.24) is 0 Å². The molecule has 0 fully saturated rings. The van der Waals surface area contributed by atoms with Gasteiger partial charge in [-0.25, -0.2) is 13.2 Å². The summed E-state index contributed by atoms with van der Waals surface area (Å²) in [6, 6.07) is 6.21. The van der Waals surface area contributed by atoms with E-state index in [1.165, 1.54) is 25.3 Å². The zero-order valence-corrected chi connectivity index (χ0v) is 12.6. The summed E-state index contributed by atoms with van der Waals surface area (Å²) in [6.07, 6.45) is -1.31. The molecule has 6 heteroatoms. The van der Waals surface area contributed by atoms with Gasteiger partial charge in [0.1, 0.15) is 11.6 Å². The molecular weight excluding hydrogens is 349 g/mol. The summed E-state index contributed by atoms with van der Waals surface area (Å²) >= 11 is 3.01. The number of hydrogen-bond acceptors (Lipinski definition) is 2. The second kappa shape index (κ2) is 6.49. The van der Waals surface area contributed by atoms with E-state index in [0.717, 1.165) is 12.1 Å². The van der Waals surface area contributed by atoms with E-state index in [1.54, 1.807) is 0 Å². The average Bonchev–Trinajstić information content (AvgIpc) is 2.46. The zero-order valence-electron chi connectivity index (χ0n) is 11.0. The van der Waals surface area contributed by atoms with Crippen LogP contribution >= 0.6 is 15.9 Å². The maximum Gasteiger partial charge on any atom is 0.162 e. The molecule has 0 heterocycles. The smallest absolute Gasteiger partial charge is 0.162 e. The van der Waals surface area contributed by atoms with E-state index in [2.05, 4.69) is 15.9 Å². The summed E-state index contributed by atoms with van der Waals surface area (Å²) in [5.74, 6) is -2.39. The van der Waals surface area contributed by atoms with Crippen LogP contribution in [0, 0.1) is 17.5 Å². The third-order valence-electron chi connectivity index (χ3n) is 3.08. The molecule has 112 valence electrons. The molecular formula is C15H12BrF3O2. The van der Waals surface area contributed by atoms with Crippen molar-refractivity contribution >= 4 is 15.9 Å². The Morgan fingerprint density at radius 1 is 1.19 bits per heavy atom. The van der Waals surface area contributed by atoms with Gasteiger partial charge in [0.15, 0.2) is 11.6 Å². The summed E-state index contributed by atoms with van der Waals surface area (Å²) in [6.45, 7) is 0. The normalized spacial score (nSPS) is 12.3. The molecule has 0 aliphatic heterocycles. The molecule has 0 radical (unpaired) electrons. The molecule has 0 spiro atoms. The van der Waals surface area contributed by atoms with E-state index in [1.807, 2.05) is 0 Å². The van der Waals surface area contributed by atoms with Gasteiger partial charge in [-0.05, 0) is 33.6 Å². The number of ether oxygens (including phenoxy) is 1. The summed E-state index contributed by atoms with van der Waals surface area (Å²) in [7, 11) is 1.33. The largest absolute Gasteiger partial charge is 0.496 e. The van der Waals surface area contributed by atoms with Crippen molar-refractivity contribution in [2.24, 2.45) is 0 Å². The predicted molar refractivity (Wildman–Crippen MR) is 75.7 cm³/mol. The van der Waals surface area contributed by atoms with Crippen molar-refractivity contribution < 1.29 is 23.0 Å². The van der Waals surface area contributed by atoms with Gasteiger partial charge in [0.2, 0.25) is 0 Å². The number of aliphatic hydroxyl groups excluding tert-OH is 1. The van der Waals surface area contributed by atoms with E-state index >= 15 is 0 Å². The lowest BCUT2D eigenvalue weighted by molar-refractivity contribution is 0.172. The first-order chi connectivity index (χ1) is 9.93. The monoisotopic (exact) mass is 360 g/mol. The first-order valence-electron chi connectivity index (χ1n) is 6.08. The summed E-state index contributed by atoms with van der Waals surface area (Å²) in [5.41, 5.74) is 0.319. The van der Waals surface area contributed by atoms with E-state index < -0.39 is 23.6 Å². The standard InChI is InChI=1S/C15H12BrF3O2/c1-21-14-7-12(18)10(16)6-9(14)13(20)5-8-3-2-4-11(17)15(8)19/h2-4,6-7,13,20H,5H2,1H3. The fourth-order valence-electron chi connectivity index (χ4n) is 2.01. The van der Waals surface area contributed by atoms with Gasteiger partial charge in [-0.3, -0.25) is 0 Å². The fraction of sp³-hybridized carbons (Fsp3) is 0.200. The molecule has 0 amide bonds. The van der Waals surface area contributed by atoms with Gasteiger partial charge in [-0.15, -0.1) is 0 Å². The van der Waals surface area contributed by atoms with E-state index in [9.17, 15) is 18.3 Å². The van der Waals surface area contributed by atoms with Gasteiger partial charge < -0.3 is 9.84 Å². The molecule has 0 saturated carbocycles. The number of rotatable bonds is 4. The summed E-state index contributed by atoms with van der Waals surface area (Å²) < 4.78 is 45.4. The highest BCUT2D eigenvalue weighted by Gasteiger charge is 2.19. The number of halogens is 4. The van der Waals surface area contributed by atoms with Crippen LogP contribution in [-0.4, -0.2) is 12.2 Å². The molecule has 0 aromatic heterocycles. The number of benzene rings is 2. The number of methoxy groups -OCH3 is 1. The van der Waals surface area contributed by atoms with Crippen molar-refractivity contribution in [3.05, 3.63) is 63.4 Å². The molecule has 2 aromatic carbocycles. The minimum Gasteiger partial charge on any atom is -0.496 e. The van der Waals surface area contributed by atoms with Crippen LogP contribution in [0.4, 0.5) is 13.2 Å². The highest BCUT2D eigenvalue weighted by atomic mass is 79.9. The van der Waals surface area contributed by atoms with Crippen LogP contribution in [-0.2, 0) is 6.42 Å². The first-order valence-corrected chi connectivity index (χ1v) is 6.87. The minimum absolute atomic E-state index is 0.0324. The van der Waals surface area contributed by atoms with Gasteiger partial charge >= 0.3 is 0 Å². The van der Waals surface area contributed by atoms with Gasteiger partial charge in [0, 0.05) is 18.1 Å². The molecule has 0 aliphatic carbocycles. The van der Waals surface area contributed by atoms with E-state index in [0.29, 0.717) is 0 Å². The van der Waals surface area contributed by atoms with Crippen LogP contribution in [0.1, 0.15) is 17.2 Å².